The smallest absolute Gasteiger partial charge is 0.178 e. The zero-order chi connectivity index (χ0) is 15.0. The number of halogens is 1. The fraction of sp³-hybridized carbons (Fsp3) is 0.533. The lowest BCUT2D eigenvalue weighted by molar-refractivity contribution is 0.206. The van der Waals surface area contributed by atoms with Crippen molar-refractivity contribution in [1.29, 1.82) is 0 Å². The summed E-state index contributed by atoms with van der Waals surface area (Å²) < 4.78 is 21.6. The summed E-state index contributed by atoms with van der Waals surface area (Å²) in [7, 11) is 3.63. The number of nitrogens with zero attached hydrogens (tertiary/aromatic N) is 2. The summed E-state index contributed by atoms with van der Waals surface area (Å²) in [5, 5.41) is 0. The number of benzene rings is 1. The third-order valence-corrected chi connectivity index (χ3v) is 4.65. The van der Waals surface area contributed by atoms with Gasteiger partial charge in [-0.05, 0) is 51.1 Å². The number of likely N-dealkylation sites (tertiary alicyclic amines) is 1. The van der Waals surface area contributed by atoms with Crippen molar-refractivity contribution in [3.63, 3.8) is 0 Å². The summed E-state index contributed by atoms with van der Waals surface area (Å²) in [6.45, 7) is 3.12. The summed E-state index contributed by atoms with van der Waals surface area (Å²) >= 11 is 5.40. The minimum atomic E-state index is -0.368. The van der Waals surface area contributed by atoms with Gasteiger partial charge < -0.3 is 19.2 Å². The third kappa shape index (κ3) is 2.82. The van der Waals surface area contributed by atoms with Crippen LogP contribution >= 0.6 is 12.2 Å². The molecule has 1 saturated heterocycles. The fourth-order valence-electron chi connectivity index (χ4n) is 3.00. The normalized spacial score (nSPS) is 17.5. The predicted octanol–water partition coefficient (Wildman–Crippen LogP) is 3.19. The van der Waals surface area contributed by atoms with Gasteiger partial charge in [-0.1, -0.05) is 0 Å². The van der Waals surface area contributed by atoms with Gasteiger partial charge in [0.2, 0.25) is 0 Å². The van der Waals surface area contributed by atoms with Gasteiger partial charge >= 0.3 is 0 Å². The first kappa shape index (κ1) is 14.5. The molecule has 2 aromatic rings. The lowest BCUT2D eigenvalue weighted by Crippen LogP contribution is -2.31. The van der Waals surface area contributed by atoms with Gasteiger partial charge in [0.1, 0.15) is 0 Å². The zero-order valence-electron chi connectivity index (χ0n) is 12.4. The van der Waals surface area contributed by atoms with Crippen molar-refractivity contribution in [3.05, 3.63) is 22.7 Å². The zero-order valence-corrected chi connectivity index (χ0v) is 13.2. The standard InChI is InChI=1S/C15H20FN3OS/c1-18-5-3-10(4-6-18)9-19-13-8-14(20-2)11(16)7-12(13)17-15(19)21/h7-8,10H,3-6,9H2,1-2H3,(H,17,21). The van der Waals surface area contributed by atoms with Crippen LogP contribution in [0.15, 0.2) is 12.1 Å². The van der Waals surface area contributed by atoms with Crippen LogP contribution in [0.4, 0.5) is 4.39 Å². The van der Waals surface area contributed by atoms with Crippen molar-refractivity contribution in [2.45, 2.75) is 19.4 Å². The molecule has 0 unspecified atom stereocenters. The van der Waals surface area contributed by atoms with E-state index in [1.165, 1.54) is 26.0 Å². The number of aromatic amines is 1. The molecule has 3 rings (SSSR count). The van der Waals surface area contributed by atoms with Crippen LogP contribution in [0.3, 0.4) is 0 Å². The van der Waals surface area contributed by atoms with Crippen molar-refractivity contribution in [2.24, 2.45) is 5.92 Å². The van der Waals surface area contributed by atoms with E-state index in [2.05, 4.69) is 21.5 Å². The highest BCUT2D eigenvalue weighted by Gasteiger charge is 2.19. The Morgan fingerprint density at radius 3 is 2.76 bits per heavy atom. The molecule has 1 aromatic heterocycles. The molecule has 0 spiro atoms. The van der Waals surface area contributed by atoms with Crippen LogP contribution in [0.25, 0.3) is 11.0 Å². The molecule has 0 radical (unpaired) electrons. The molecule has 0 aliphatic carbocycles. The maximum absolute atomic E-state index is 13.8. The number of H-pyrrole nitrogens is 1. The maximum atomic E-state index is 13.8. The van der Waals surface area contributed by atoms with Gasteiger partial charge in [-0.25, -0.2) is 4.39 Å². The van der Waals surface area contributed by atoms with Gasteiger partial charge in [0, 0.05) is 18.7 Å². The summed E-state index contributed by atoms with van der Waals surface area (Å²) in [5.41, 5.74) is 1.64. The van der Waals surface area contributed by atoms with Crippen LogP contribution in [0.5, 0.6) is 5.75 Å². The lowest BCUT2D eigenvalue weighted by Gasteiger charge is -2.29. The van der Waals surface area contributed by atoms with Crippen molar-refractivity contribution in [3.8, 4) is 5.75 Å². The minimum absolute atomic E-state index is 0.258. The molecule has 4 nitrogen and oxygen atoms in total. The summed E-state index contributed by atoms with van der Waals surface area (Å²) in [6, 6.07) is 3.18. The topological polar surface area (TPSA) is 33.2 Å². The maximum Gasteiger partial charge on any atom is 0.178 e. The Bertz CT molecular complexity index is 701. The Kier molecular flexibility index (Phi) is 3.99. The van der Waals surface area contributed by atoms with E-state index in [1.807, 2.05) is 0 Å². The van der Waals surface area contributed by atoms with Gasteiger partial charge in [0.05, 0.1) is 18.1 Å². The lowest BCUT2D eigenvalue weighted by atomic mass is 9.97. The minimum Gasteiger partial charge on any atom is -0.494 e. The van der Waals surface area contributed by atoms with E-state index in [1.54, 1.807) is 6.07 Å². The first-order valence-electron chi connectivity index (χ1n) is 7.23. The molecule has 1 fully saturated rings. The first-order valence-corrected chi connectivity index (χ1v) is 7.64. The van der Waals surface area contributed by atoms with E-state index >= 15 is 0 Å². The van der Waals surface area contributed by atoms with Crippen LogP contribution in [0.2, 0.25) is 0 Å². The summed E-state index contributed by atoms with van der Waals surface area (Å²) in [5.74, 6) is 0.504. The molecule has 2 heterocycles. The molecule has 1 aliphatic rings. The number of hydrogen-bond acceptors (Lipinski definition) is 3. The number of rotatable bonds is 3. The Labute approximate surface area is 128 Å². The Morgan fingerprint density at radius 2 is 2.10 bits per heavy atom. The number of imidazole rings is 1. The second kappa shape index (κ2) is 5.77. The molecular formula is C15H20FN3OS. The van der Waals surface area contributed by atoms with Crippen LogP contribution in [0, 0.1) is 16.5 Å². The van der Waals surface area contributed by atoms with Crippen LogP contribution < -0.4 is 4.74 Å². The van der Waals surface area contributed by atoms with Gasteiger partial charge in [0.15, 0.2) is 16.3 Å². The highest BCUT2D eigenvalue weighted by atomic mass is 32.1. The van der Waals surface area contributed by atoms with Crippen molar-refractivity contribution >= 4 is 23.3 Å². The highest BCUT2D eigenvalue weighted by molar-refractivity contribution is 7.71. The van der Waals surface area contributed by atoms with E-state index in [4.69, 9.17) is 17.0 Å². The van der Waals surface area contributed by atoms with Crippen molar-refractivity contribution in [1.82, 2.24) is 14.5 Å². The number of hydrogen-bond donors (Lipinski definition) is 1. The highest BCUT2D eigenvalue weighted by Crippen LogP contribution is 2.26. The number of nitrogens with one attached hydrogen (secondary N) is 1. The monoisotopic (exact) mass is 309 g/mol. The number of piperidine rings is 1. The van der Waals surface area contributed by atoms with Gasteiger partial charge in [-0.3, -0.25) is 0 Å². The molecule has 1 aromatic carbocycles. The predicted molar refractivity (Wildman–Crippen MR) is 83.9 cm³/mol. The largest absolute Gasteiger partial charge is 0.494 e. The number of aromatic nitrogens is 2. The molecule has 0 atom stereocenters. The van der Waals surface area contributed by atoms with E-state index in [-0.39, 0.29) is 11.6 Å². The summed E-state index contributed by atoms with van der Waals surface area (Å²) in [6.07, 6.45) is 2.34. The van der Waals surface area contributed by atoms with E-state index in [0.717, 1.165) is 30.7 Å². The number of methoxy groups -OCH3 is 1. The van der Waals surface area contributed by atoms with E-state index < -0.39 is 0 Å². The molecule has 114 valence electrons. The van der Waals surface area contributed by atoms with Crippen molar-refractivity contribution < 1.29 is 9.13 Å². The molecule has 1 aliphatic heterocycles. The van der Waals surface area contributed by atoms with Gasteiger partial charge in [-0.2, -0.15) is 0 Å². The Balaban J connectivity index is 1.94. The van der Waals surface area contributed by atoms with Crippen LogP contribution in [0.1, 0.15) is 12.8 Å². The average Bonchev–Trinajstić information content (AvgIpc) is 2.75. The fourth-order valence-corrected chi connectivity index (χ4v) is 3.28. The SMILES string of the molecule is COc1cc2c(cc1F)[nH]c(=S)n2CC1CCN(C)CC1. The molecule has 0 saturated carbocycles. The average molecular weight is 309 g/mol. The second-order valence-corrected chi connectivity index (χ2v) is 6.18. The second-order valence-electron chi connectivity index (χ2n) is 5.79. The Hall–Kier alpha value is -1.40. The summed E-state index contributed by atoms with van der Waals surface area (Å²) in [4.78, 5) is 5.44. The third-order valence-electron chi connectivity index (χ3n) is 4.33. The van der Waals surface area contributed by atoms with Gasteiger partial charge in [0.25, 0.3) is 0 Å². The first-order chi connectivity index (χ1) is 10.1. The molecule has 1 N–H and O–H groups in total. The Morgan fingerprint density at radius 1 is 1.38 bits per heavy atom. The molecule has 21 heavy (non-hydrogen) atoms. The molecule has 0 amide bonds. The molecule has 6 heteroatoms. The van der Waals surface area contributed by atoms with Gasteiger partial charge in [-0.15, -0.1) is 0 Å². The molecular weight excluding hydrogens is 289 g/mol. The number of ether oxygens (including phenoxy) is 1. The van der Waals surface area contributed by atoms with E-state index in [9.17, 15) is 4.39 Å². The van der Waals surface area contributed by atoms with E-state index in [0.29, 0.717) is 10.7 Å². The van der Waals surface area contributed by atoms with Crippen molar-refractivity contribution in [2.75, 3.05) is 27.2 Å². The number of fused-ring (bicyclic) bond motifs is 1. The molecule has 0 bridgehead atoms. The van der Waals surface area contributed by atoms with Crippen LogP contribution in [-0.4, -0.2) is 41.7 Å². The quantitative estimate of drug-likeness (QED) is 0.884. The van der Waals surface area contributed by atoms with Crippen LogP contribution in [-0.2, 0) is 6.54 Å².